The highest BCUT2D eigenvalue weighted by molar-refractivity contribution is 8.00. The van der Waals surface area contributed by atoms with Crippen LogP contribution < -0.4 is 4.72 Å². The van der Waals surface area contributed by atoms with Crippen molar-refractivity contribution in [2.75, 3.05) is 0 Å². The second-order valence-corrected chi connectivity index (χ2v) is 8.05. The molecule has 10 heteroatoms. The summed E-state index contributed by atoms with van der Waals surface area (Å²) in [5.41, 5.74) is 0.928. The van der Waals surface area contributed by atoms with Crippen LogP contribution >= 0.6 is 11.8 Å². The molecule has 1 heterocycles. The predicted octanol–water partition coefficient (Wildman–Crippen LogP) is 0.814. The van der Waals surface area contributed by atoms with Gasteiger partial charge in [0.1, 0.15) is 6.33 Å². The lowest BCUT2D eigenvalue weighted by molar-refractivity contribution is -0.118. The van der Waals surface area contributed by atoms with Crippen LogP contribution in [-0.2, 0) is 27.6 Å². The van der Waals surface area contributed by atoms with E-state index in [0.717, 1.165) is 11.8 Å². The third kappa shape index (κ3) is 4.81. The maximum atomic E-state index is 12.1. The number of aromatic nitrogens is 3. The number of nitrogens with zero attached hydrogens (tertiary/aromatic N) is 4. The Bertz CT molecular complexity index is 869. The minimum absolute atomic E-state index is 0.341. The standard InChI is InChI=1S/C14H15N5O3S2/c1-10(23-14-17-16-9-19(14)2)13(20)18-24(21,22)8-12-5-3-11(7-15)4-6-12/h3-6,9-10H,8H2,1-2H3,(H,18,20). The Kier molecular flexibility index (Phi) is 5.58. The maximum Gasteiger partial charge on any atom is 0.246 e. The van der Waals surface area contributed by atoms with Gasteiger partial charge < -0.3 is 4.57 Å². The second kappa shape index (κ2) is 7.46. The molecule has 0 spiro atoms. The summed E-state index contributed by atoms with van der Waals surface area (Å²) in [6, 6.07) is 8.09. The number of thioether (sulfide) groups is 1. The van der Waals surface area contributed by atoms with Crippen LogP contribution in [0.1, 0.15) is 18.1 Å². The van der Waals surface area contributed by atoms with E-state index < -0.39 is 21.2 Å². The van der Waals surface area contributed by atoms with Crippen molar-refractivity contribution in [2.45, 2.75) is 23.1 Å². The number of benzene rings is 1. The van der Waals surface area contributed by atoms with Crippen molar-refractivity contribution in [2.24, 2.45) is 7.05 Å². The van der Waals surface area contributed by atoms with Gasteiger partial charge in [0.15, 0.2) is 5.16 Å². The molecule has 1 unspecified atom stereocenters. The normalized spacial score (nSPS) is 12.4. The Morgan fingerprint density at radius 3 is 2.62 bits per heavy atom. The molecule has 1 amide bonds. The zero-order valence-corrected chi connectivity index (χ0v) is 14.6. The smallest absolute Gasteiger partial charge is 0.246 e. The first-order valence-corrected chi connectivity index (χ1v) is 9.38. The lowest BCUT2D eigenvalue weighted by Crippen LogP contribution is -2.36. The van der Waals surface area contributed by atoms with Crippen molar-refractivity contribution in [1.29, 1.82) is 5.26 Å². The van der Waals surface area contributed by atoms with Gasteiger partial charge in [0, 0.05) is 7.05 Å². The van der Waals surface area contributed by atoms with Gasteiger partial charge >= 0.3 is 0 Å². The molecule has 126 valence electrons. The Labute approximate surface area is 143 Å². The summed E-state index contributed by atoms with van der Waals surface area (Å²) in [6.45, 7) is 1.59. The summed E-state index contributed by atoms with van der Waals surface area (Å²) in [7, 11) is -2.10. The van der Waals surface area contributed by atoms with Crippen LogP contribution in [0.5, 0.6) is 0 Å². The van der Waals surface area contributed by atoms with E-state index in [9.17, 15) is 13.2 Å². The predicted molar refractivity (Wildman–Crippen MR) is 88.2 cm³/mol. The second-order valence-electron chi connectivity index (χ2n) is 5.02. The average molecular weight is 365 g/mol. The number of nitrogens with one attached hydrogen (secondary N) is 1. The fourth-order valence-corrected chi connectivity index (χ4v) is 3.81. The first-order chi connectivity index (χ1) is 11.3. The summed E-state index contributed by atoms with van der Waals surface area (Å²) >= 11 is 1.11. The summed E-state index contributed by atoms with van der Waals surface area (Å²) in [5.74, 6) is -0.970. The van der Waals surface area contributed by atoms with Gasteiger partial charge in [-0.05, 0) is 24.6 Å². The van der Waals surface area contributed by atoms with Crippen molar-refractivity contribution in [1.82, 2.24) is 19.5 Å². The van der Waals surface area contributed by atoms with Crippen molar-refractivity contribution in [3.05, 3.63) is 41.7 Å². The van der Waals surface area contributed by atoms with Crippen molar-refractivity contribution in [3.8, 4) is 6.07 Å². The number of hydrogen-bond acceptors (Lipinski definition) is 7. The molecule has 0 saturated carbocycles. The first kappa shape index (κ1) is 18.0. The maximum absolute atomic E-state index is 12.1. The zero-order valence-electron chi connectivity index (χ0n) is 13.0. The highest BCUT2D eigenvalue weighted by Gasteiger charge is 2.22. The van der Waals surface area contributed by atoms with E-state index in [-0.39, 0.29) is 5.75 Å². The molecule has 0 aliphatic rings. The van der Waals surface area contributed by atoms with Gasteiger partial charge in [0.05, 0.1) is 22.6 Å². The summed E-state index contributed by atoms with van der Waals surface area (Å²) < 4.78 is 27.9. The molecule has 2 aromatic rings. The third-order valence-electron chi connectivity index (χ3n) is 3.02. The van der Waals surface area contributed by atoms with E-state index in [2.05, 4.69) is 14.9 Å². The lowest BCUT2D eigenvalue weighted by atomic mass is 10.2. The van der Waals surface area contributed by atoms with Gasteiger partial charge in [0.2, 0.25) is 15.9 Å². The van der Waals surface area contributed by atoms with Crippen LogP contribution in [0.15, 0.2) is 35.7 Å². The zero-order chi connectivity index (χ0) is 17.7. The monoisotopic (exact) mass is 365 g/mol. The van der Waals surface area contributed by atoms with E-state index >= 15 is 0 Å². The van der Waals surface area contributed by atoms with Crippen LogP contribution in [0.3, 0.4) is 0 Å². The fraction of sp³-hybridized carbons (Fsp3) is 0.286. The molecule has 1 aromatic heterocycles. The molecule has 1 atom stereocenters. The molecule has 1 aromatic carbocycles. The third-order valence-corrected chi connectivity index (χ3v) is 5.39. The molecule has 0 bridgehead atoms. The molecule has 0 aliphatic heterocycles. The molecule has 0 aliphatic carbocycles. The van der Waals surface area contributed by atoms with Crippen molar-refractivity contribution in [3.63, 3.8) is 0 Å². The van der Waals surface area contributed by atoms with Gasteiger partial charge in [-0.25, -0.2) is 8.42 Å². The highest BCUT2D eigenvalue weighted by atomic mass is 32.2. The molecule has 0 saturated heterocycles. The van der Waals surface area contributed by atoms with E-state index in [1.807, 2.05) is 6.07 Å². The molecular formula is C14H15N5O3S2. The van der Waals surface area contributed by atoms with Crippen LogP contribution in [0.4, 0.5) is 0 Å². The Morgan fingerprint density at radius 2 is 2.08 bits per heavy atom. The number of rotatable bonds is 6. The van der Waals surface area contributed by atoms with Gasteiger partial charge in [0.25, 0.3) is 0 Å². The Hall–Kier alpha value is -2.38. The van der Waals surface area contributed by atoms with Crippen LogP contribution in [0, 0.1) is 11.3 Å². The number of amides is 1. The minimum atomic E-state index is -3.83. The number of hydrogen-bond donors (Lipinski definition) is 1. The minimum Gasteiger partial charge on any atom is -0.312 e. The Morgan fingerprint density at radius 1 is 1.42 bits per heavy atom. The van der Waals surface area contributed by atoms with E-state index in [0.29, 0.717) is 16.3 Å². The van der Waals surface area contributed by atoms with Gasteiger partial charge in [-0.3, -0.25) is 9.52 Å². The molecular weight excluding hydrogens is 350 g/mol. The molecule has 0 fully saturated rings. The number of nitriles is 1. The molecule has 24 heavy (non-hydrogen) atoms. The number of carbonyl (C=O) groups is 1. The van der Waals surface area contributed by atoms with Crippen molar-refractivity contribution >= 4 is 27.7 Å². The van der Waals surface area contributed by atoms with Crippen LogP contribution in [0.2, 0.25) is 0 Å². The quantitative estimate of drug-likeness (QED) is 0.753. The first-order valence-electron chi connectivity index (χ1n) is 6.85. The summed E-state index contributed by atoms with van der Waals surface area (Å²) in [4.78, 5) is 12.1. The molecule has 0 radical (unpaired) electrons. The molecule has 1 N–H and O–H groups in total. The average Bonchev–Trinajstić information content (AvgIpc) is 2.92. The SMILES string of the molecule is CC(Sc1nncn1C)C(=O)NS(=O)(=O)Cc1ccc(C#N)cc1. The number of sulfonamides is 1. The van der Waals surface area contributed by atoms with Gasteiger partial charge in [-0.15, -0.1) is 10.2 Å². The van der Waals surface area contributed by atoms with Gasteiger partial charge in [-0.1, -0.05) is 23.9 Å². The number of carbonyl (C=O) groups excluding carboxylic acids is 1. The molecule has 8 nitrogen and oxygen atoms in total. The Balaban J connectivity index is 1.98. The lowest BCUT2D eigenvalue weighted by Gasteiger charge is -2.12. The highest BCUT2D eigenvalue weighted by Crippen LogP contribution is 2.20. The molecule has 2 rings (SSSR count). The van der Waals surface area contributed by atoms with E-state index in [4.69, 9.17) is 5.26 Å². The van der Waals surface area contributed by atoms with E-state index in [1.165, 1.54) is 18.5 Å². The van der Waals surface area contributed by atoms with Gasteiger partial charge in [-0.2, -0.15) is 5.26 Å². The van der Waals surface area contributed by atoms with Crippen molar-refractivity contribution < 1.29 is 13.2 Å². The largest absolute Gasteiger partial charge is 0.312 e. The van der Waals surface area contributed by atoms with E-state index in [1.54, 1.807) is 30.7 Å². The topological polar surface area (TPSA) is 118 Å². The summed E-state index contributed by atoms with van der Waals surface area (Å²) in [5, 5.41) is 16.1. The van der Waals surface area contributed by atoms with Crippen LogP contribution in [0.25, 0.3) is 0 Å². The van der Waals surface area contributed by atoms with Crippen LogP contribution in [-0.4, -0.2) is 34.3 Å². The number of aryl methyl sites for hydroxylation is 1. The summed E-state index contributed by atoms with van der Waals surface area (Å²) in [6.07, 6.45) is 1.49. The fourth-order valence-electron chi connectivity index (χ4n) is 1.76.